The summed E-state index contributed by atoms with van der Waals surface area (Å²) in [7, 11) is 1.14. The van der Waals surface area contributed by atoms with Crippen molar-refractivity contribution in [3.8, 4) is 11.8 Å². The highest BCUT2D eigenvalue weighted by molar-refractivity contribution is 6.31. The molecule has 0 saturated carbocycles. The van der Waals surface area contributed by atoms with E-state index in [-0.39, 0.29) is 34.1 Å². The van der Waals surface area contributed by atoms with Crippen LogP contribution in [0.2, 0.25) is 10.2 Å². The lowest BCUT2D eigenvalue weighted by Crippen LogP contribution is -2.46. The standard InChI is InChI=1S/C22H18Cl2F3N3O5/c1-12(21(32,22(25,26)27)14-5-6-28-17(24)8-14)15-4-3-13(7-16(15)23)11-34-18-9-30-19(10-29-18)35-20(31)33-2/h3-10,12,32H,11H2,1-2H3. The number of alkyl halides is 3. The van der Waals surface area contributed by atoms with Crippen LogP contribution in [0.5, 0.6) is 11.8 Å². The molecule has 3 aromatic rings. The van der Waals surface area contributed by atoms with Crippen LogP contribution < -0.4 is 9.47 Å². The average molecular weight is 532 g/mol. The van der Waals surface area contributed by atoms with Crippen LogP contribution in [0.4, 0.5) is 18.0 Å². The molecule has 13 heteroatoms. The van der Waals surface area contributed by atoms with Crippen molar-refractivity contribution in [2.75, 3.05) is 7.11 Å². The Kier molecular flexibility index (Phi) is 8.04. The first-order valence-corrected chi connectivity index (χ1v) is 10.6. The molecule has 186 valence electrons. The second kappa shape index (κ2) is 10.6. The van der Waals surface area contributed by atoms with E-state index in [2.05, 4.69) is 19.7 Å². The Bertz CT molecular complexity index is 1200. The lowest BCUT2D eigenvalue weighted by atomic mass is 9.78. The molecule has 0 bridgehead atoms. The van der Waals surface area contributed by atoms with E-state index in [1.165, 1.54) is 31.3 Å². The van der Waals surface area contributed by atoms with Gasteiger partial charge in [-0.3, -0.25) is 0 Å². The van der Waals surface area contributed by atoms with E-state index in [4.69, 9.17) is 32.7 Å². The van der Waals surface area contributed by atoms with Crippen molar-refractivity contribution in [3.63, 3.8) is 0 Å². The van der Waals surface area contributed by atoms with E-state index in [0.29, 0.717) is 5.56 Å². The van der Waals surface area contributed by atoms with Gasteiger partial charge in [-0.05, 0) is 34.9 Å². The Morgan fingerprint density at radius 3 is 2.34 bits per heavy atom. The Labute approximate surface area is 207 Å². The van der Waals surface area contributed by atoms with Crippen LogP contribution >= 0.6 is 23.2 Å². The number of ether oxygens (including phenoxy) is 3. The molecule has 2 heterocycles. The number of aromatic nitrogens is 3. The highest BCUT2D eigenvalue weighted by Gasteiger charge is 2.59. The third kappa shape index (κ3) is 5.92. The Morgan fingerprint density at radius 1 is 1.09 bits per heavy atom. The van der Waals surface area contributed by atoms with Crippen LogP contribution in [-0.2, 0) is 16.9 Å². The SMILES string of the molecule is COC(=O)Oc1cnc(OCc2ccc(C(C)C(O)(c3ccnc(Cl)c3)C(F)(F)F)c(Cl)c2)cn1. The number of hydrogen-bond donors (Lipinski definition) is 1. The molecule has 0 spiro atoms. The fraction of sp³-hybridized carbons (Fsp3) is 0.273. The summed E-state index contributed by atoms with van der Waals surface area (Å²) in [4.78, 5) is 22.5. The maximum Gasteiger partial charge on any atom is 0.514 e. The summed E-state index contributed by atoms with van der Waals surface area (Å²) in [5.74, 6) is -1.49. The number of benzene rings is 1. The zero-order valence-corrected chi connectivity index (χ0v) is 19.7. The van der Waals surface area contributed by atoms with Gasteiger partial charge in [0, 0.05) is 17.1 Å². The van der Waals surface area contributed by atoms with Gasteiger partial charge in [0.25, 0.3) is 0 Å². The van der Waals surface area contributed by atoms with Crippen molar-refractivity contribution in [2.45, 2.75) is 31.2 Å². The van der Waals surface area contributed by atoms with E-state index >= 15 is 0 Å². The summed E-state index contributed by atoms with van der Waals surface area (Å²) in [5.41, 5.74) is -3.15. The lowest BCUT2D eigenvalue weighted by molar-refractivity contribution is -0.274. The molecule has 0 fully saturated rings. The van der Waals surface area contributed by atoms with Crippen molar-refractivity contribution in [2.24, 2.45) is 0 Å². The maximum absolute atomic E-state index is 14.1. The van der Waals surface area contributed by atoms with Crippen molar-refractivity contribution in [1.82, 2.24) is 15.0 Å². The molecule has 1 N–H and O–H groups in total. The van der Waals surface area contributed by atoms with Crippen LogP contribution in [0.15, 0.2) is 48.9 Å². The summed E-state index contributed by atoms with van der Waals surface area (Å²) < 4.78 is 56.7. The molecule has 2 aromatic heterocycles. The normalized spacial score (nSPS) is 14.1. The number of pyridine rings is 1. The van der Waals surface area contributed by atoms with Gasteiger partial charge in [-0.1, -0.05) is 42.3 Å². The van der Waals surface area contributed by atoms with Crippen LogP contribution in [0.3, 0.4) is 0 Å². The van der Waals surface area contributed by atoms with Gasteiger partial charge in [0.1, 0.15) is 11.8 Å². The molecule has 1 aromatic carbocycles. The molecule has 0 amide bonds. The van der Waals surface area contributed by atoms with Crippen LogP contribution in [0.1, 0.15) is 29.5 Å². The average Bonchev–Trinajstić information content (AvgIpc) is 2.82. The minimum absolute atomic E-state index is 0.00524. The number of hydrogen-bond acceptors (Lipinski definition) is 8. The summed E-state index contributed by atoms with van der Waals surface area (Å²) in [6.07, 6.45) is -2.56. The predicted octanol–water partition coefficient (Wildman–Crippen LogP) is 5.46. The molecule has 2 unspecified atom stereocenters. The minimum Gasteiger partial charge on any atom is -0.472 e. The van der Waals surface area contributed by atoms with Gasteiger partial charge in [0.2, 0.25) is 11.8 Å². The van der Waals surface area contributed by atoms with Gasteiger partial charge in [0.15, 0.2) is 5.60 Å². The van der Waals surface area contributed by atoms with Crippen molar-refractivity contribution in [3.05, 3.63) is 75.8 Å². The third-order valence-electron chi connectivity index (χ3n) is 5.10. The Balaban J connectivity index is 1.78. The Hall–Kier alpha value is -3.15. The zero-order chi connectivity index (χ0) is 25.8. The van der Waals surface area contributed by atoms with Gasteiger partial charge in [-0.2, -0.15) is 13.2 Å². The molecular weight excluding hydrogens is 514 g/mol. The summed E-state index contributed by atoms with van der Waals surface area (Å²) in [6, 6.07) is 6.32. The summed E-state index contributed by atoms with van der Waals surface area (Å²) >= 11 is 12.1. The fourth-order valence-corrected chi connectivity index (χ4v) is 3.79. The van der Waals surface area contributed by atoms with Gasteiger partial charge in [-0.25, -0.2) is 19.7 Å². The molecule has 0 saturated heterocycles. The molecule has 2 atom stereocenters. The quantitative estimate of drug-likeness (QED) is 0.316. The zero-order valence-electron chi connectivity index (χ0n) is 18.2. The van der Waals surface area contributed by atoms with E-state index in [1.54, 1.807) is 0 Å². The Morgan fingerprint density at radius 2 is 1.77 bits per heavy atom. The molecule has 3 rings (SSSR count). The smallest absolute Gasteiger partial charge is 0.472 e. The fourth-order valence-electron chi connectivity index (χ4n) is 3.25. The monoisotopic (exact) mass is 531 g/mol. The number of methoxy groups -OCH3 is 1. The van der Waals surface area contributed by atoms with E-state index in [1.807, 2.05) is 0 Å². The van der Waals surface area contributed by atoms with Crippen LogP contribution in [0, 0.1) is 0 Å². The number of carbonyl (C=O) groups excluding carboxylic acids is 1. The largest absolute Gasteiger partial charge is 0.514 e. The lowest BCUT2D eigenvalue weighted by Gasteiger charge is -2.37. The van der Waals surface area contributed by atoms with Crippen molar-refractivity contribution >= 4 is 29.4 Å². The first kappa shape index (κ1) is 26.5. The third-order valence-corrected chi connectivity index (χ3v) is 5.64. The minimum atomic E-state index is -5.04. The van der Waals surface area contributed by atoms with Gasteiger partial charge >= 0.3 is 12.3 Å². The van der Waals surface area contributed by atoms with Crippen molar-refractivity contribution < 1.29 is 37.3 Å². The number of nitrogens with zero attached hydrogens (tertiary/aromatic N) is 3. The van der Waals surface area contributed by atoms with E-state index in [9.17, 15) is 23.1 Å². The maximum atomic E-state index is 14.1. The second-order valence-electron chi connectivity index (χ2n) is 7.25. The molecule has 0 aliphatic carbocycles. The molecule has 35 heavy (non-hydrogen) atoms. The number of carbonyl (C=O) groups is 1. The van der Waals surface area contributed by atoms with Gasteiger partial charge < -0.3 is 19.3 Å². The molecule has 0 aliphatic heterocycles. The van der Waals surface area contributed by atoms with Gasteiger partial charge in [0.05, 0.1) is 19.5 Å². The number of aliphatic hydroxyl groups is 1. The first-order valence-electron chi connectivity index (χ1n) is 9.85. The second-order valence-corrected chi connectivity index (χ2v) is 8.04. The van der Waals surface area contributed by atoms with Crippen LogP contribution in [-0.4, -0.2) is 39.5 Å². The predicted molar refractivity (Wildman–Crippen MR) is 118 cm³/mol. The highest BCUT2D eigenvalue weighted by atomic mass is 35.5. The molecular formula is C22H18Cl2F3N3O5. The van der Waals surface area contributed by atoms with Crippen molar-refractivity contribution in [1.29, 1.82) is 0 Å². The first-order chi connectivity index (χ1) is 16.5. The number of halogens is 5. The highest BCUT2D eigenvalue weighted by Crippen LogP contribution is 2.50. The summed E-state index contributed by atoms with van der Waals surface area (Å²) in [5, 5.41) is 10.7. The molecule has 0 aliphatic rings. The van der Waals surface area contributed by atoms with Gasteiger partial charge in [-0.15, -0.1) is 0 Å². The summed E-state index contributed by atoms with van der Waals surface area (Å²) in [6.45, 7) is 1.18. The molecule has 8 nitrogen and oxygen atoms in total. The molecule has 0 radical (unpaired) electrons. The topological polar surface area (TPSA) is 104 Å². The number of rotatable bonds is 7. The van der Waals surface area contributed by atoms with Crippen LogP contribution in [0.25, 0.3) is 0 Å². The van der Waals surface area contributed by atoms with E-state index < -0.39 is 29.4 Å². The van der Waals surface area contributed by atoms with E-state index in [0.717, 1.165) is 31.6 Å².